The molecule has 0 unspecified atom stereocenters. The van der Waals surface area contributed by atoms with Crippen LogP contribution in [0, 0.1) is 0 Å². The first-order valence-electron chi connectivity index (χ1n) is 20.8. The van der Waals surface area contributed by atoms with Crippen molar-refractivity contribution in [2.45, 2.75) is 32.1 Å². The third-order valence-corrected chi connectivity index (χ3v) is 13.5. The van der Waals surface area contributed by atoms with Gasteiger partial charge in [0, 0.05) is 0 Å². The van der Waals surface area contributed by atoms with E-state index < -0.39 is 5.41 Å². The fourth-order valence-corrected chi connectivity index (χ4v) is 11.1. The Morgan fingerprint density at radius 1 is 0.576 bits per heavy atom. The van der Waals surface area contributed by atoms with E-state index in [2.05, 4.69) is 186 Å². The van der Waals surface area contributed by atoms with Crippen molar-refractivity contribution < 1.29 is 0 Å². The molecule has 0 atom stereocenters. The highest BCUT2D eigenvalue weighted by Gasteiger charge is 2.53. The van der Waals surface area contributed by atoms with E-state index in [1.807, 2.05) is 12.2 Å². The van der Waals surface area contributed by atoms with Crippen LogP contribution >= 0.6 is 0 Å². The lowest BCUT2D eigenvalue weighted by Gasteiger charge is -2.32. The van der Waals surface area contributed by atoms with E-state index in [4.69, 9.17) is 0 Å². The van der Waals surface area contributed by atoms with Gasteiger partial charge in [-0.25, -0.2) is 0 Å². The zero-order valence-corrected chi connectivity index (χ0v) is 33.8. The van der Waals surface area contributed by atoms with Crippen LogP contribution in [-0.2, 0) is 11.8 Å². The van der Waals surface area contributed by atoms with Crippen LogP contribution in [0.2, 0.25) is 0 Å². The number of hydrogen-bond donors (Lipinski definition) is 0. The fourth-order valence-electron chi connectivity index (χ4n) is 11.1. The molecule has 1 spiro atoms. The SMILES string of the molecule is C=Cc1c2c(c3ccc(-c4ccc(-c5ccc(C=C)c6c(=C(C)C)c(=C)ccc56)cc4)cc3c1C=C)C1(c3ccccc3-c3ccccc31)c1cc3c(cc1-2)C=CCC3. The van der Waals surface area contributed by atoms with Gasteiger partial charge in [-0.05, 0) is 165 Å². The van der Waals surface area contributed by atoms with Gasteiger partial charge in [0.15, 0.2) is 0 Å². The molecular formula is C59H44. The Morgan fingerprint density at radius 2 is 1.25 bits per heavy atom. The predicted octanol–water partition coefficient (Wildman–Crippen LogP) is 14.2. The maximum atomic E-state index is 4.49. The highest BCUT2D eigenvalue weighted by atomic mass is 14.5. The Labute approximate surface area is 346 Å². The van der Waals surface area contributed by atoms with Gasteiger partial charge < -0.3 is 0 Å². The minimum absolute atomic E-state index is 0.473. The van der Waals surface area contributed by atoms with Crippen molar-refractivity contribution in [3.05, 3.63) is 214 Å². The maximum Gasteiger partial charge on any atom is 0.0731 e. The zero-order valence-electron chi connectivity index (χ0n) is 33.8. The Morgan fingerprint density at radius 3 is 1.95 bits per heavy atom. The van der Waals surface area contributed by atoms with Gasteiger partial charge in [0.25, 0.3) is 0 Å². The Balaban J connectivity index is 1.15. The van der Waals surface area contributed by atoms with Crippen molar-refractivity contribution in [2.24, 2.45) is 0 Å². The summed E-state index contributed by atoms with van der Waals surface area (Å²) in [4.78, 5) is 0. The van der Waals surface area contributed by atoms with Crippen molar-refractivity contribution in [1.82, 2.24) is 0 Å². The summed E-state index contributed by atoms with van der Waals surface area (Å²) in [6.45, 7) is 21.8. The maximum absolute atomic E-state index is 4.49. The number of benzene rings is 8. The average molecular weight is 753 g/mol. The third kappa shape index (κ3) is 4.72. The summed E-state index contributed by atoms with van der Waals surface area (Å²) in [5.74, 6) is 0. The molecule has 8 aromatic carbocycles. The Hall–Kier alpha value is -7.02. The first-order chi connectivity index (χ1) is 28.9. The summed E-state index contributed by atoms with van der Waals surface area (Å²) in [5.41, 5.74) is 22.3. The van der Waals surface area contributed by atoms with E-state index in [1.54, 1.807) is 0 Å². The molecule has 0 saturated carbocycles. The van der Waals surface area contributed by atoms with Crippen molar-refractivity contribution in [3.63, 3.8) is 0 Å². The van der Waals surface area contributed by atoms with Gasteiger partial charge in [0.1, 0.15) is 0 Å². The highest BCUT2D eigenvalue weighted by Crippen LogP contribution is 2.65. The lowest BCUT2D eigenvalue weighted by atomic mass is 9.68. The highest BCUT2D eigenvalue weighted by molar-refractivity contribution is 6.11. The van der Waals surface area contributed by atoms with E-state index in [1.165, 1.54) is 110 Å². The molecular weight excluding hydrogens is 709 g/mol. The normalized spacial score (nSPS) is 13.8. The van der Waals surface area contributed by atoms with E-state index in [0.717, 1.165) is 34.8 Å². The largest absolute Gasteiger partial charge is 0.0984 e. The van der Waals surface area contributed by atoms with Gasteiger partial charge in [-0.15, -0.1) is 0 Å². The quantitative estimate of drug-likeness (QED) is 0.164. The molecule has 280 valence electrons. The van der Waals surface area contributed by atoms with Crippen LogP contribution in [-0.4, -0.2) is 0 Å². The van der Waals surface area contributed by atoms with Crippen molar-refractivity contribution in [2.75, 3.05) is 0 Å². The number of fused-ring (bicyclic) bond motifs is 14. The molecule has 0 bridgehead atoms. The molecule has 8 aromatic rings. The first kappa shape index (κ1) is 35.2. The number of aryl methyl sites for hydroxylation is 1. The summed E-state index contributed by atoms with van der Waals surface area (Å²) in [5, 5.41) is 7.14. The van der Waals surface area contributed by atoms with Crippen LogP contribution in [0.15, 0.2) is 153 Å². The molecule has 3 aliphatic rings. The van der Waals surface area contributed by atoms with E-state index in [0.29, 0.717) is 0 Å². The fraction of sp³-hybridized carbons (Fsp3) is 0.0847. The zero-order chi connectivity index (χ0) is 40.2. The van der Waals surface area contributed by atoms with Gasteiger partial charge >= 0.3 is 0 Å². The molecule has 0 radical (unpaired) electrons. The van der Waals surface area contributed by atoms with Gasteiger partial charge in [-0.3, -0.25) is 0 Å². The van der Waals surface area contributed by atoms with E-state index in [9.17, 15) is 0 Å². The van der Waals surface area contributed by atoms with Gasteiger partial charge in [-0.1, -0.05) is 178 Å². The molecule has 0 heteroatoms. The first-order valence-corrected chi connectivity index (χ1v) is 20.8. The molecule has 11 rings (SSSR count). The van der Waals surface area contributed by atoms with E-state index in [-0.39, 0.29) is 0 Å². The van der Waals surface area contributed by atoms with Gasteiger partial charge in [-0.2, -0.15) is 0 Å². The molecule has 0 N–H and O–H groups in total. The second-order valence-electron chi connectivity index (χ2n) is 16.6. The van der Waals surface area contributed by atoms with E-state index >= 15 is 0 Å². The average Bonchev–Trinajstić information content (AvgIpc) is 3.74. The monoisotopic (exact) mass is 752 g/mol. The topological polar surface area (TPSA) is 0 Å². The van der Waals surface area contributed by atoms with Crippen LogP contribution in [0.1, 0.15) is 70.3 Å². The number of allylic oxidation sites excluding steroid dienone is 1. The Bertz CT molecular complexity index is 3300. The minimum atomic E-state index is -0.473. The minimum Gasteiger partial charge on any atom is -0.0984 e. The molecule has 0 fully saturated rings. The summed E-state index contributed by atoms with van der Waals surface area (Å²) >= 11 is 0. The predicted molar refractivity (Wildman–Crippen MR) is 256 cm³/mol. The van der Waals surface area contributed by atoms with Gasteiger partial charge in [0.05, 0.1) is 5.41 Å². The van der Waals surface area contributed by atoms with Crippen molar-refractivity contribution >= 4 is 58.0 Å². The summed E-state index contributed by atoms with van der Waals surface area (Å²) in [6, 6.07) is 48.2. The molecule has 59 heavy (non-hydrogen) atoms. The van der Waals surface area contributed by atoms with Crippen molar-refractivity contribution in [3.8, 4) is 44.5 Å². The Kier molecular flexibility index (Phi) is 7.75. The smallest absolute Gasteiger partial charge is 0.0731 e. The van der Waals surface area contributed by atoms with Crippen LogP contribution in [0.3, 0.4) is 0 Å². The molecule has 0 amide bonds. The van der Waals surface area contributed by atoms with Crippen LogP contribution in [0.4, 0.5) is 0 Å². The molecule has 3 aliphatic carbocycles. The van der Waals surface area contributed by atoms with Crippen LogP contribution in [0.25, 0.3) is 103 Å². The molecule has 0 aliphatic heterocycles. The third-order valence-electron chi connectivity index (χ3n) is 13.5. The molecule has 0 nitrogen and oxygen atoms in total. The number of hydrogen-bond acceptors (Lipinski definition) is 0. The van der Waals surface area contributed by atoms with Crippen LogP contribution in [0.5, 0.6) is 0 Å². The second kappa shape index (κ2) is 13.0. The lowest BCUT2D eigenvalue weighted by Crippen LogP contribution is -2.26. The summed E-state index contributed by atoms with van der Waals surface area (Å²) < 4.78 is 0. The summed E-state index contributed by atoms with van der Waals surface area (Å²) in [6.07, 6.45) is 12.8. The van der Waals surface area contributed by atoms with Crippen LogP contribution < -0.4 is 10.4 Å². The van der Waals surface area contributed by atoms with Gasteiger partial charge in [0.2, 0.25) is 0 Å². The summed E-state index contributed by atoms with van der Waals surface area (Å²) in [7, 11) is 0. The number of rotatable bonds is 5. The standard InChI is InChI=1S/C59H44/c1-7-37-27-30-45(48-29-22-36(6)55(35(4)5)56(37)48)39-25-23-38(24-26-39)42-28-31-49-50(32-42)43(8-2)44(9-3)57-51-33-40-16-10-11-17-41(40)34-54(51)59(58(49)57)52-20-14-12-18-46(52)47-19-13-15-21-53(47)59/h7-10,12-16,18-34H,1-3,6,11,17H2,4-5H3. The second-order valence-corrected chi connectivity index (χ2v) is 16.6. The molecule has 0 saturated heterocycles. The lowest BCUT2D eigenvalue weighted by molar-refractivity contribution is 0.797. The molecule has 0 heterocycles. The molecule has 0 aromatic heterocycles. The van der Waals surface area contributed by atoms with Crippen molar-refractivity contribution in [1.29, 1.82) is 0 Å².